The Kier molecular flexibility index (Phi) is 4.06. The lowest BCUT2D eigenvalue weighted by Gasteiger charge is -2.14. The number of rotatable bonds is 4. The van der Waals surface area contributed by atoms with Crippen LogP contribution in [0.15, 0.2) is 12.1 Å². The summed E-state index contributed by atoms with van der Waals surface area (Å²) in [4.78, 5) is 0. The Morgan fingerprint density at radius 2 is 2.18 bits per heavy atom. The lowest BCUT2D eigenvalue weighted by molar-refractivity contribution is 0.403. The number of methoxy groups -OCH3 is 1. The van der Waals surface area contributed by atoms with Crippen LogP contribution >= 0.6 is 0 Å². The Morgan fingerprint density at radius 3 is 2.82 bits per heavy atom. The molecule has 1 fully saturated rings. The molecule has 2 rings (SSSR count). The molecule has 1 aromatic carbocycles. The van der Waals surface area contributed by atoms with E-state index in [2.05, 4.69) is 31.3 Å². The van der Waals surface area contributed by atoms with Crippen molar-refractivity contribution in [3.05, 3.63) is 28.8 Å². The van der Waals surface area contributed by atoms with Crippen molar-refractivity contribution in [2.75, 3.05) is 20.2 Å². The van der Waals surface area contributed by atoms with Crippen LogP contribution in [0.1, 0.15) is 29.5 Å². The SMILES string of the molecule is COc1c(C)cc(C)cc1CCC1CCNC1. The predicted octanol–water partition coefficient (Wildman–Crippen LogP) is 2.85. The summed E-state index contributed by atoms with van der Waals surface area (Å²) in [6.07, 6.45) is 3.73. The van der Waals surface area contributed by atoms with Crippen LogP contribution in [0.3, 0.4) is 0 Å². The van der Waals surface area contributed by atoms with Crippen molar-refractivity contribution < 1.29 is 4.74 Å². The minimum atomic E-state index is 0.848. The highest BCUT2D eigenvalue weighted by molar-refractivity contribution is 5.43. The quantitative estimate of drug-likeness (QED) is 0.863. The molecule has 0 amide bonds. The third kappa shape index (κ3) is 3.01. The fourth-order valence-corrected chi connectivity index (χ4v) is 2.84. The molecule has 1 unspecified atom stereocenters. The minimum absolute atomic E-state index is 0.848. The lowest BCUT2D eigenvalue weighted by Crippen LogP contribution is -2.09. The number of nitrogens with one attached hydrogen (secondary N) is 1. The first-order valence-electron chi connectivity index (χ1n) is 6.55. The molecular formula is C15H23NO. The normalized spacial score (nSPS) is 19.6. The Balaban J connectivity index is 2.07. The molecule has 1 aliphatic heterocycles. The fraction of sp³-hybridized carbons (Fsp3) is 0.600. The fourth-order valence-electron chi connectivity index (χ4n) is 2.84. The van der Waals surface area contributed by atoms with Crippen LogP contribution in [0, 0.1) is 19.8 Å². The Labute approximate surface area is 104 Å². The summed E-state index contributed by atoms with van der Waals surface area (Å²) in [6.45, 7) is 6.67. The van der Waals surface area contributed by atoms with E-state index >= 15 is 0 Å². The van der Waals surface area contributed by atoms with Gasteiger partial charge in [-0.1, -0.05) is 17.7 Å². The van der Waals surface area contributed by atoms with Gasteiger partial charge in [-0.05, 0) is 63.2 Å². The van der Waals surface area contributed by atoms with Gasteiger partial charge in [0.1, 0.15) is 5.75 Å². The standard InChI is InChI=1S/C15H23NO/c1-11-8-12(2)15(17-3)14(9-11)5-4-13-6-7-16-10-13/h8-9,13,16H,4-7,10H2,1-3H3. The zero-order chi connectivity index (χ0) is 12.3. The van der Waals surface area contributed by atoms with Gasteiger partial charge in [-0.2, -0.15) is 0 Å². The molecule has 1 aromatic rings. The number of hydrogen-bond acceptors (Lipinski definition) is 2. The first-order valence-corrected chi connectivity index (χ1v) is 6.55. The van der Waals surface area contributed by atoms with Crippen molar-refractivity contribution >= 4 is 0 Å². The Morgan fingerprint density at radius 1 is 1.35 bits per heavy atom. The molecule has 0 bridgehead atoms. The van der Waals surface area contributed by atoms with Gasteiger partial charge in [0.15, 0.2) is 0 Å². The van der Waals surface area contributed by atoms with Crippen molar-refractivity contribution in [1.82, 2.24) is 5.32 Å². The molecule has 1 N–H and O–H groups in total. The third-order valence-corrected chi connectivity index (χ3v) is 3.68. The summed E-state index contributed by atoms with van der Waals surface area (Å²) in [6, 6.07) is 4.47. The van der Waals surface area contributed by atoms with Crippen LogP contribution in [0.2, 0.25) is 0 Å². The smallest absolute Gasteiger partial charge is 0.124 e. The summed E-state index contributed by atoms with van der Waals surface area (Å²) in [5.41, 5.74) is 3.96. The van der Waals surface area contributed by atoms with Gasteiger partial charge in [-0.25, -0.2) is 0 Å². The monoisotopic (exact) mass is 233 g/mol. The van der Waals surface area contributed by atoms with Gasteiger partial charge in [0, 0.05) is 0 Å². The first kappa shape index (κ1) is 12.4. The molecule has 0 spiro atoms. The summed E-state index contributed by atoms with van der Waals surface area (Å²) in [5.74, 6) is 1.93. The molecule has 94 valence electrons. The van der Waals surface area contributed by atoms with E-state index in [4.69, 9.17) is 4.74 Å². The highest BCUT2D eigenvalue weighted by Gasteiger charge is 2.15. The van der Waals surface area contributed by atoms with E-state index in [9.17, 15) is 0 Å². The average molecular weight is 233 g/mol. The van der Waals surface area contributed by atoms with Crippen molar-refractivity contribution in [3.8, 4) is 5.75 Å². The second kappa shape index (κ2) is 5.54. The van der Waals surface area contributed by atoms with E-state index in [1.54, 1.807) is 7.11 Å². The zero-order valence-corrected chi connectivity index (χ0v) is 11.2. The molecule has 0 aromatic heterocycles. The Hall–Kier alpha value is -1.02. The highest BCUT2D eigenvalue weighted by Crippen LogP contribution is 2.27. The van der Waals surface area contributed by atoms with Gasteiger partial charge in [-0.3, -0.25) is 0 Å². The Bertz CT molecular complexity index is 381. The summed E-state index contributed by atoms with van der Waals surface area (Å²) >= 11 is 0. The van der Waals surface area contributed by atoms with Crippen molar-refractivity contribution in [1.29, 1.82) is 0 Å². The average Bonchev–Trinajstić information content (AvgIpc) is 2.78. The summed E-state index contributed by atoms with van der Waals surface area (Å²) < 4.78 is 5.53. The predicted molar refractivity (Wildman–Crippen MR) is 71.8 cm³/mol. The van der Waals surface area contributed by atoms with Crippen LogP contribution in [-0.4, -0.2) is 20.2 Å². The molecule has 0 aliphatic carbocycles. The van der Waals surface area contributed by atoms with Gasteiger partial charge < -0.3 is 10.1 Å². The number of aryl methyl sites for hydroxylation is 3. The molecule has 2 heteroatoms. The molecule has 17 heavy (non-hydrogen) atoms. The third-order valence-electron chi connectivity index (χ3n) is 3.68. The van der Waals surface area contributed by atoms with Crippen molar-refractivity contribution in [2.24, 2.45) is 5.92 Å². The zero-order valence-electron chi connectivity index (χ0n) is 11.2. The van der Waals surface area contributed by atoms with Crippen LogP contribution in [0.25, 0.3) is 0 Å². The summed E-state index contributed by atoms with van der Waals surface area (Å²) in [5, 5.41) is 3.43. The summed E-state index contributed by atoms with van der Waals surface area (Å²) in [7, 11) is 1.78. The van der Waals surface area contributed by atoms with Crippen LogP contribution in [-0.2, 0) is 6.42 Å². The van der Waals surface area contributed by atoms with E-state index in [0.717, 1.165) is 18.1 Å². The van der Waals surface area contributed by atoms with E-state index < -0.39 is 0 Å². The van der Waals surface area contributed by atoms with Crippen LogP contribution in [0.5, 0.6) is 5.75 Å². The maximum atomic E-state index is 5.53. The van der Waals surface area contributed by atoms with Gasteiger partial charge in [0.2, 0.25) is 0 Å². The maximum Gasteiger partial charge on any atom is 0.124 e. The van der Waals surface area contributed by atoms with Gasteiger partial charge >= 0.3 is 0 Å². The van der Waals surface area contributed by atoms with E-state index in [0.29, 0.717) is 0 Å². The molecular weight excluding hydrogens is 210 g/mol. The second-order valence-corrected chi connectivity index (χ2v) is 5.17. The molecule has 1 aliphatic rings. The number of hydrogen-bond donors (Lipinski definition) is 1. The molecule has 2 nitrogen and oxygen atoms in total. The molecule has 0 saturated carbocycles. The van der Waals surface area contributed by atoms with Crippen molar-refractivity contribution in [2.45, 2.75) is 33.1 Å². The van der Waals surface area contributed by atoms with Crippen molar-refractivity contribution in [3.63, 3.8) is 0 Å². The van der Waals surface area contributed by atoms with E-state index in [-0.39, 0.29) is 0 Å². The maximum absolute atomic E-state index is 5.53. The molecule has 0 radical (unpaired) electrons. The van der Waals surface area contributed by atoms with Gasteiger partial charge in [0.25, 0.3) is 0 Å². The first-order chi connectivity index (χ1) is 8.20. The highest BCUT2D eigenvalue weighted by atomic mass is 16.5. The lowest BCUT2D eigenvalue weighted by atomic mass is 9.96. The van der Waals surface area contributed by atoms with E-state index in [1.165, 1.54) is 42.6 Å². The molecule has 1 saturated heterocycles. The van der Waals surface area contributed by atoms with Gasteiger partial charge in [0.05, 0.1) is 7.11 Å². The largest absolute Gasteiger partial charge is 0.496 e. The molecule has 1 atom stereocenters. The van der Waals surface area contributed by atoms with E-state index in [1.807, 2.05) is 0 Å². The minimum Gasteiger partial charge on any atom is -0.496 e. The van der Waals surface area contributed by atoms with Gasteiger partial charge in [-0.15, -0.1) is 0 Å². The number of ether oxygens (including phenoxy) is 1. The van der Waals surface area contributed by atoms with Crippen LogP contribution < -0.4 is 10.1 Å². The topological polar surface area (TPSA) is 21.3 Å². The molecule has 1 heterocycles. The second-order valence-electron chi connectivity index (χ2n) is 5.17. The van der Waals surface area contributed by atoms with Crippen LogP contribution in [0.4, 0.5) is 0 Å². The number of benzene rings is 1.